The van der Waals surface area contributed by atoms with Gasteiger partial charge in [0.2, 0.25) is 5.43 Å². The van der Waals surface area contributed by atoms with Gasteiger partial charge in [-0.1, -0.05) is 0 Å². The van der Waals surface area contributed by atoms with E-state index in [0.29, 0.717) is 0 Å². The van der Waals surface area contributed by atoms with Gasteiger partial charge in [0.05, 0.1) is 28.7 Å². The lowest BCUT2D eigenvalue weighted by Crippen LogP contribution is -2.31. The molecule has 0 fully saturated rings. The summed E-state index contributed by atoms with van der Waals surface area (Å²) in [6, 6.07) is 15.1. The number of aliphatic hydroxyl groups excluding tert-OH is 2. The number of carbonyl (C=O) groups is 1. The number of benzene rings is 5. The Morgan fingerprint density at radius 2 is 0.983 bits per heavy atom. The average molecular weight is 811 g/mol. The number of fused-ring (bicyclic) bond motifs is 3. The SMILES string of the molecule is O=C(c1ccc(O)cc1O)c1ccc(O)cc1O.O=c1c(O)cc([C@H]2Oc3cc(O)cc(O)c3C[C@H]2O)cc2c([C@H]3Oc4cc(O)cc(O)c4C[C@H]3O)cc(O)c(O)c12. The molecule has 0 saturated carbocycles. The Balaban J connectivity index is 0.000000245. The van der Waals surface area contributed by atoms with Crippen molar-refractivity contribution in [2.24, 2.45) is 0 Å². The molecule has 0 spiro atoms. The number of ketones is 1. The Labute approximate surface area is 331 Å². The number of phenols is 10. The van der Waals surface area contributed by atoms with Crippen LogP contribution in [0.2, 0.25) is 0 Å². The Hall–Kier alpha value is -7.76. The van der Waals surface area contributed by atoms with Crippen molar-refractivity contribution < 1.29 is 80.7 Å². The molecular weight excluding hydrogens is 776 g/mol. The Bertz CT molecular complexity index is 2690. The first-order valence-corrected chi connectivity index (χ1v) is 17.5. The van der Waals surface area contributed by atoms with Crippen molar-refractivity contribution in [3.05, 3.63) is 122 Å². The topological polar surface area (TPSA) is 316 Å². The lowest BCUT2D eigenvalue weighted by atomic mass is 9.90. The minimum atomic E-state index is -1.34. The molecule has 0 saturated heterocycles. The number of aromatic hydroxyl groups is 11. The second kappa shape index (κ2) is 15.0. The van der Waals surface area contributed by atoms with E-state index < -0.39 is 58.3 Å². The van der Waals surface area contributed by atoms with E-state index in [2.05, 4.69) is 0 Å². The second-order valence-electron chi connectivity index (χ2n) is 13.9. The molecule has 4 atom stereocenters. The standard InChI is InChI=1S/C29H24O12.C13H10O5/c30-11-3-17(32)15-8-21(36)28(40-23(15)5-11)10-1-13-14(7-20(35)27(39)25(13)26(38)19(34)2-10)29-22(37)9-16-18(33)4-12(31)6-24(16)41-29;14-7-1-3-9(11(16)5-7)13(18)10-4-2-8(15)6-12(10)17/h1-7,21-22,28-33,35-37,39H,8-9H2,(H,34,38);1-6,14-17H/t21-,22-,28-,29-;/m1./s1. The van der Waals surface area contributed by atoms with Crippen LogP contribution in [0.5, 0.6) is 74.7 Å². The number of ether oxygens (including phenoxy) is 2. The molecule has 0 aliphatic carbocycles. The molecule has 0 amide bonds. The van der Waals surface area contributed by atoms with Gasteiger partial charge in [-0.2, -0.15) is 0 Å². The molecule has 0 radical (unpaired) electrons. The minimum Gasteiger partial charge on any atom is -0.508 e. The van der Waals surface area contributed by atoms with E-state index in [4.69, 9.17) is 19.7 Å². The maximum absolute atomic E-state index is 13.2. The lowest BCUT2D eigenvalue weighted by Gasteiger charge is -2.32. The highest BCUT2D eigenvalue weighted by molar-refractivity contribution is 6.12. The molecule has 17 heteroatoms. The quantitative estimate of drug-likeness (QED) is 0.0885. The number of hydrogen-bond acceptors (Lipinski definition) is 17. The molecule has 6 aromatic carbocycles. The predicted octanol–water partition coefficient (Wildman–Crippen LogP) is 3.95. The Kier molecular flexibility index (Phi) is 10.0. The van der Waals surface area contributed by atoms with Gasteiger partial charge in [0.25, 0.3) is 0 Å². The minimum absolute atomic E-state index is 0.00576. The molecule has 6 aromatic rings. The van der Waals surface area contributed by atoms with Crippen LogP contribution in [0.1, 0.15) is 50.4 Å². The van der Waals surface area contributed by atoms with Crippen molar-refractivity contribution in [2.45, 2.75) is 37.3 Å². The average Bonchev–Trinajstić information content (AvgIpc) is 3.29. The molecule has 0 bridgehead atoms. The van der Waals surface area contributed by atoms with E-state index >= 15 is 0 Å². The molecule has 0 unspecified atom stereocenters. The molecule has 59 heavy (non-hydrogen) atoms. The van der Waals surface area contributed by atoms with Gasteiger partial charge in [-0.25, -0.2) is 0 Å². The van der Waals surface area contributed by atoms with E-state index in [9.17, 15) is 65.8 Å². The van der Waals surface area contributed by atoms with E-state index in [1.807, 2.05) is 0 Å². The van der Waals surface area contributed by atoms with Gasteiger partial charge in [0.1, 0.15) is 63.6 Å². The number of phenolic OH excluding ortho intramolecular Hbond substituents is 10. The fourth-order valence-electron chi connectivity index (χ4n) is 7.08. The Morgan fingerprint density at radius 3 is 1.49 bits per heavy atom. The third-order valence-electron chi connectivity index (χ3n) is 9.89. The predicted molar refractivity (Wildman–Crippen MR) is 204 cm³/mol. The molecule has 2 aliphatic rings. The van der Waals surface area contributed by atoms with Crippen LogP contribution < -0.4 is 14.9 Å². The molecule has 13 N–H and O–H groups in total. The highest BCUT2D eigenvalue weighted by Gasteiger charge is 2.36. The van der Waals surface area contributed by atoms with E-state index in [1.165, 1.54) is 42.5 Å². The zero-order chi connectivity index (χ0) is 42.6. The molecular formula is C42H34O17. The van der Waals surface area contributed by atoms with Crippen molar-refractivity contribution in [1.29, 1.82) is 0 Å². The fraction of sp³-hybridized carbons (Fsp3) is 0.143. The van der Waals surface area contributed by atoms with Crippen LogP contribution in [0.25, 0.3) is 10.8 Å². The summed E-state index contributed by atoms with van der Waals surface area (Å²) in [5.41, 5.74) is -0.673. The van der Waals surface area contributed by atoms with Crippen LogP contribution in [-0.4, -0.2) is 84.4 Å². The Morgan fingerprint density at radius 1 is 0.508 bits per heavy atom. The van der Waals surface area contributed by atoms with E-state index in [1.54, 1.807) is 0 Å². The first-order valence-electron chi connectivity index (χ1n) is 17.5. The number of aliphatic hydroxyl groups is 2. The van der Waals surface area contributed by atoms with Crippen molar-refractivity contribution >= 4 is 16.6 Å². The summed E-state index contributed by atoms with van der Waals surface area (Å²) < 4.78 is 11.8. The van der Waals surface area contributed by atoms with Crippen molar-refractivity contribution in [3.63, 3.8) is 0 Å². The van der Waals surface area contributed by atoms with Crippen LogP contribution in [-0.2, 0) is 12.8 Å². The zero-order valence-electron chi connectivity index (χ0n) is 30.2. The number of hydrogen-bond donors (Lipinski definition) is 13. The molecule has 17 nitrogen and oxygen atoms in total. The third kappa shape index (κ3) is 7.34. The normalized spacial score (nSPS) is 18.0. The molecule has 2 heterocycles. The van der Waals surface area contributed by atoms with Crippen LogP contribution in [0, 0.1) is 0 Å². The van der Waals surface area contributed by atoms with Crippen molar-refractivity contribution in [2.75, 3.05) is 0 Å². The molecule has 8 rings (SSSR count). The van der Waals surface area contributed by atoms with Gasteiger partial charge in [0, 0.05) is 65.9 Å². The summed E-state index contributed by atoms with van der Waals surface area (Å²) in [5.74, 6) is -5.28. The summed E-state index contributed by atoms with van der Waals surface area (Å²) in [5, 5.41) is 131. The monoisotopic (exact) mass is 810 g/mol. The third-order valence-corrected chi connectivity index (χ3v) is 9.89. The number of carbonyl (C=O) groups excluding carboxylic acids is 1. The van der Waals surface area contributed by atoms with Gasteiger partial charge in [-0.3, -0.25) is 9.59 Å². The van der Waals surface area contributed by atoms with Crippen LogP contribution in [0.4, 0.5) is 0 Å². The van der Waals surface area contributed by atoms with Gasteiger partial charge in [-0.15, -0.1) is 0 Å². The lowest BCUT2D eigenvalue weighted by molar-refractivity contribution is 0.0193. The van der Waals surface area contributed by atoms with Gasteiger partial charge >= 0.3 is 0 Å². The van der Waals surface area contributed by atoms with Crippen LogP contribution in [0.15, 0.2) is 83.7 Å². The van der Waals surface area contributed by atoms with Crippen LogP contribution in [0.3, 0.4) is 0 Å². The van der Waals surface area contributed by atoms with Gasteiger partial charge in [-0.05, 0) is 53.4 Å². The first kappa shape index (κ1) is 39.5. The van der Waals surface area contributed by atoms with E-state index in [-0.39, 0.29) is 109 Å². The maximum atomic E-state index is 13.2. The van der Waals surface area contributed by atoms with Gasteiger partial charge < -0.3 is 75.9 Å². The number of rotatable bonds is 4. The summed E-state index contributed by atoms with van der Waals surface area (Å²) in [6.45, 7) is 0. The van der Waals surface area contributed by atoms with Crippen molar-refractivity contribution in [1.82, 2.24) is 0 Å². The fourth-order valence-corrected chi connectivity index (χ4v) is 7.08. The highest BCUT2D eigenvalue weighted by Crippen LogP contribution is 2.47. The summed E-state index contributed by atoms with van der Waals surface area (Å²) in [4.78, 5) is 25.3. The smallest absolute Gasteiger partial charge is 0.231 e. The highest BCUT2D eigenvalue weighted by atomic mass is 16.5. The summed E-state index contributed by atoms with van der Waals surface area (Å²) >= 11 is 0. The zero-order valence-corrected chi connectivity index (χ0v) is 30.2. The molecule has 304 valence electrons. The van der Waals surface area contributed by atoms with Crippen LogP contribution >= 0.6 is 0 Å². The van der Waals surface area contributed by atoms with E-state index in [0.717, 1.165) is 36.4 Å². The second-order valence-corrected chi connectivity index (χ2v) is 13.9. The van der Waals surface area contributed by atoms with Crippen molar-refractivity contribution in [3.8, 4) is 74.7 Å². The first-order chi connectivity index (χ1) is 27.9. The molecule has 0 aromatic heterocycles. The summed E-state index contributed by atoms with van der Waals surface area (Å²) in [6.07, 6.45) is -5.40. The molecule has 2 aliphatic heterocycles. The maximum Gasteiger partial charge on any atom is 0.231 e. The summed E-state index contributed by atoms with van der Waals surface area (Å²) in [7, 11) is 0. The van der Waals surface area contributed by atoms with Gasteiger partial charge in [0.15, 0.2) is 29.1 Å². The largest absolute Gasteiger partial charge is 0.508 e.